The maximum absolute atomic E-state index is 12.9. The molecule has 25 heavy (non-hydrogen) atoms. The van der Waals surface area contributed by atoms with Crippen LogP contribution in [0.15, 0.2) is 36.4 Å². The third kappa shape index (κ3) is 4.75. The molecule has 0 atom stereocenters. The molecular formula is C19H23FN4O. The minimum absolute atomic E-state index is 0.0443. The zero-order chi connectivity index (χ0) is 17.6. The molecule has 1 saturated heterocycles. The Morgan fingerprint density at radius 1 is 1.16 bits per heavy atom. The predicted molar refractivity (Wildman–Crippen MR) is 94.8 cm³/mol. The van der Waals surface area contributed by atoms with Crippen molar-refractivity contribution >= 4 is 11.7 Å². The number of piperidine rings is 1. The van der Waals surface area contributed by atoms with Gasteiger partial charge in [-0.15, -0.1) is 5.10 Å². The highest BCUT2D eigenvalue weighted by atomic mass is 19.1. The fraction of sp³-hybridized carbons (Fsp3) is 0.421. The number of anilines is 1. The normalized spacial score (nSPS) is 15.2. The first-order valence-electron chi connectivity index (χ1n) is 8.69. The average molecular weight is 342 g/mol. The lowest BCUT2D eigenvalue weighted by molar-refractivity contribution is -0.125. The van der Waals surface area contributed by atoms with Crippen molar-refractivity contribution in [1.82, 2.24) is 15.5 Å². The molecule has 0 spiro atoms. The Morgan fingerprint density at radius 3 is 2.52 bits per heavy atom. The van der Waals surface area contributed by atoms with E-state index in [4.69, 9.17) is 0 Å². The van der Waals surface area contributed by atoms with Crippen LogP contribution in [0.2, 0.25) is 0 Å². The van der Waals surface area contributed by atoms with Gasteiger partial charge in [-0.3, -0.25) is 4.79 Å². The van der Waals surface area contributed by atoms with Gasteiger partial charge >= 0.3 is 0 Å². The van der Waals surface area contributed by atoms with Gasteiger partial charge in [0.1, 0.15) is 5.82 Å². The second kappa shape index (κ2) is 8.05. The smallest absolute Gasteiger partial charge is 0.223 e. The number of nitrogens with one attached hydrogen (secondary N) is 1. The minimum Gasteiger partial charge on any atom is -0.356 e. The lowest BCUT2D eigenvalue weighted by atomic mass is 9.96. The second-order valence-electron chi connectivity index (χ2n) is 6.46. The van der Waals surface area contributed by atoms with Crippen molar-refractivity contribution in [2.45, 2.75) is 26.2 Å². The Bertz CT molecular complexity index is 694. The summed E-state index contributed by atoms with van der Waals surface area (Å²) in [6.45, 7) is 4.12. The number of rotatable bonds is 5. The van der Waals surface area contributed by atoms with Gasteiger partial charge in [-0.05, 0) is 56.0 Å². The first-order chi connectivity index (χ1) is 12.1. The SMILES string of the molecule is Cc1ccc(N2CCC(C(=O)NCCc3ccc(F)cc3)CC2)nn1. The summed E-state index contributed by atoms with van der Waals surface area (Å²) < 4.78 is 12.9. The number of hydrogen-bond donors (Lipinski definition) is 1. The van der Waals surface area contributed by atoms with Gasteiger partial charge in [-0.25, -0.2) is 4.39 Å². The predicted octanol–water partition coefficient (Wildman–Crippen LogP) is 2.50. The first-order valence-corrected chi connectivity index (χ1v) is 8.69. The Kier molecular flexibility index (Phi) is 5.58. The van der Waals surface area contributed by atoms with Crippen LogP contribution in [0.4, 0.5) is 10.2 Å². The molecule has 3 rings (SSSR count). The quantitative estimate of drug-likeness (QED) is 0.907. The van der Waals surface area contributed by atoms with E-state index in [1.807, 2.05) is 19.1 Å². The zero-order valence-corrected chi connectivity index (χ0v) is 14.4. The number of benzene rings is 1. The summed E-state index contributed by atoms with van der Waals surface area (Å²) in [5.41, 5.74) is 1.92. The molecule has 1 amide bonds. The molecule has 1 aliphatic rings. The average Bonchev–Trinajstić information content (AvgIpc) is 2.64. The topological polar surface area (TPSA) is 58.1 Å². The number of hydrogen-bond acceptors (Lipinski definition) is 4. The Hall–Kier alpha value is -2.50. The molecule has 132 valence electrons. The highest BCUT2D eigenvalue weighted by Gasteiger charge is 2.25. The van der Waals surface area contributed by atoms with E-state index in [9.17, 15) is 9.18 Å². The summed E-state index contributed by atoms with van der Waals surface area (Å²) in [4.78, 5) is 14.5. The lowest BCUT2D eigenvalue weighted by Gasteiger charge is -2.31. The summed E-state index contributed by atoms with van der Waals surface area (Å²) in [6.07, 6.45) is 2.35. The summed E-state index contributed by atoms with van der Waals surface area (Å²) in [5, 5.41) is 11.3. The molecule has 2 heterocycles. The van der Waals surface area contributed by atoms with Crippen LogP contribution in [0.3, 0.4) is 0 Å². The van der Waals surface area contributed by atoms with Gasteiger partial charge in [0.15, 0.2) is 5.82 Å². The summed E-state index contributed by atoms with van der Waals surface area (Å²) >= 11 is 0. The van der Waals surface area contributed by atoms with Gasteiger partial charge in [0.25, 0.3) is 0 Å². The van der Waals surface area contributed by atoms with Crippen LogP contribution in [0.1, 0.15) is 24.1 Å². The molecule has 0 unspecified atom stereocenters. The van der Waals surface area contributed by atoms with Crippen molar-refractivity contribution in [2.75, 3.05) is 24.5 Å². The maximum atomic E-state index is 12.9. The highest BCUT2D eigenvalue weighted by molar-refractivity contribution is 5.79. The van der Waals surface area contributed by atoms with Gasteiger partial charge in [0.05, 0.1) is 5.69 Å². The van der Waals surface area contributed by atoms with E-state index in [1.54, 1.807) is 12.1 Å². The minimum atomic E-state index is -0.238. The van der Waals surface area contributed by atoms with E-state index in [1.165, 1.54) is 12.1 Å². The molecule has 1 N–H and O–H groups in total. The van der Waals surface area contributed by atoms with Crippen molar-refractivity contribution < 1.29 is 9.18 Å². The molecule has 0 aliphatic carbocycles. The molecule has 1 aromatic heterocycles. The maximum Gasteiger partial charge on any atom is 0.223 e. The van der Waals surface area contributed by atoms with Crippen molar-refractivity contribution in [2.24, 2.45) is 5.92 Å². The van der Waals surface area contributed by atoms with Gasteiger partial charge < -0.3 is 10.2 Å². The van der Waals surface area contributed by atoms with Crippen LogP contribution < -0.4 is 10.2 Å². The lowest BCUT2D eigenvalue weighted by Crippen LogP contribution is -2.41. The Balaban J connectivity index is 1.42. The summed E-state index contributed by atoms with van der Waals surface area (Å²) in [5.74, 6) is 0.790. The van der Waals surface area contributed by atoms with E-state index in [-0.39, 0.29) is 17.6 Å². The Morgan fingerprint density at radius 2 is 1.88 bits per heavy atom. The van der Waals surface area contributed by atoms with Gasteiger partial charge in [0.2, 0.25) is 5.91 Å². The zero-order valence-electron chi connectivity index (χ0n) is 14.4. The van der Waals surface area contributed by atoms with Crippen LogP contribution in [0, 0.1) is 18.7 Å². The molecule has 5 nitrogen and oxygen atoms in total. The summed E-state index contributed by atoms with van der Waals surface area (Å²) in [7, 11) is 0. The van der Waals surface area contributed by atoms with Crippen molar-refractivity contribution in [1.29, 1.82) is 0 Å². The van der Waals surface area contributed by atoms with E-state index in [0.717, 1.165) is 43.0 Å². The Labute approximate surface area is 147 Å². The van der Waals surface area contributed by atoms with E-state index in [2.05, 4.69) is 20.4 Å². The fourth-order valence-electron chi connectivity index (χ4n) is 3.06. The number of nitrogens with zero attached hydrogens (tertiary/aromatic N) is 3. The number of amides is 1. The fourth-order valence-corrected chi connectivity index (χ4v) is 3.06. The molecule has 6 heteroatoms. The molecule has 0 radical (unpaired) electrons. The number of halogens is 1. The molecule has 0 bridgehead atoms. The van der Waals surface area contributed by atoms with Crippen LogP contribution in [-0.2, 0) is 11.2 Å². The molecular weight excluding hydrogens is 319 g/mol. The van der Waals surface area contributed by atoms with Crippen LogP contribution in [0.5, 0.6) is 0 Å². The highest BCUT2D eigenvalue weighted by Crippen LogP contribution is 2.21. The van der Waals surface area contributed by atoms with E-state index < -0.39 is 0 Å². The van der Waals surface area contributed by atoms with Gasteiger partial charge in [0, 0.05) is 25.6 Å². The number of carbonyl (C=O) groups excluding carboxylic acids is 1. The van der Waals surface area contributed by atoms with Gasteiger partial charge in [-0.2, -0.15) is 5.10 Å². The molecule has 2 aromatic rings. The van der Waals surface area contributed by atoms with Crippen molar-refractivity contribution in [3.05, 3.63) is 53.5 Å². The number of aromatic nitrogens is 2. The first kappa shape index (κ1) is 17.3. The molecule has 0 saturated carbocycles. The third-order valence-corrected chi connectivity index (χ3v) is 4.60. The monoisotopic (exact) mass is 342 g/mol. The van der Waals surface area contributed by atoms with E-state index >= 15 is 0 Å². The van der Waals surface area contributed by atoms with Crippen LogP contribution >= 0.6 is 0 Å². The standard InChI is InChI=1S/C19H23FN4O/c1-14-2-7-18(23-22-14)24-12-9-16(10-13-24)19(25)21-11-8-15-3-5-17(20)6-4-15/h2-7,16H,8-13H2,1H3,(H,21,25). The molecule has 1 aromatic carbocycles. The largest absolute Gasteiger partial charge is 0.356 e. The van der Waals surface area contributed by atoms with Crippen molar-refractivity contribution in [3.63, 3.8) is 0 Å². The summed E-state index contributed by atoms with van der Waals surface area (Å²) in [6, 6.07) is 10.3. The van der Waals surface area contributed by atoms with E-state index in [0.29, 0.717) is 13.0 Å². The molecule has 1 aliphatic heterocycles. The number of aryl methyl sites for hydroxylation is 1. The number of carbonyl (C=O) groups is 1. The van der Waals surface area contributed by atoms with Crippen LogP contribution in [-0.4, -0.2) is 35.7 Å². The molecule has 1 fully saturated rings. The second-order valence-corrected chi connectivity index (χ2v) is 6.46. The van der Waals surface area contributed by atoms with Crippen LogP contribution in [0.25, 0.3) is 0 Å². The third-order valence-electron chi connectivity index (χ3n) is 4.60. The van der Waals surface area contributed by atoms with Crippen molar-refractivity contribution in [3.8, 4) is 0 Å². The van der Waals surface area contributed by atoms with Gasteiger partial charge in [-0.1, -0.05) is 12.1 Å².